The van der Waals surface area contributed by atoms with Gasteiger partial charge in [-0.2, -0.15) is 0 Å². The van der Waals surface area contributed by atoms with Gasteiger partial charge in [0.2, 0.25) is 11.8 Å². The second-order valence-electron chi connectivity index (χ2n) is 8.56. The molecule has 29 heavy (non-hydrogen) atoms. The van der Waals surface area contributed by atoms with E-state index in [4.69, 9.17) is 4.74 Å². The van der Waals surface area contributed by atoms with E-state index in [1.54, 1.807) is 0 Å². The number of fused-ring (bicyclic) bond motifs is 1. The Hall–Kier alpha value is -1.92. The molecule has 158 valence electrons. The van der Waals surface area contributed by atoms with Gasteiger partial charge < -0.3 is 19.9 Å². The van der Waals surface area contributed by atoms with E-state index in [9.17, 15) is 9.59 Å². The molecule has 1 N–H and O–H groups in total. The number of carbonyl (C=O) groups excluding carboxylic acids is 2. The van der Waals surface area contributed by atoms with Crippen LogP contribution in [0.4, 0.5) is 5.69 Å². The lowest BCUT2D eigenvalue weighted by Gasteiger charge is -2.33. The zero-order valence-corrected chi connectivity index (χ0v) is 17.3. The van der Waals surface area contributed by atoms with Crippen molar-refractivity contribution in [2.45, 2.75) is 51.0 Å². The number of amides is 2. The highest BCUT2D eigenvalue weighted by Gasteiger charge is 2.26. The predicted octanol–water partition coefficient (Wildman–Crippen LogP) is 2.36. The molecule has 1 unspecified atom stereocenters. The monoisotopic (exact) mass is 399 g/mol. The number of nitrogens with zero attached hydrogens (tertiary/aromatic N) is 2. The van der Waals surface area contributed by atoms with Gasteiger partial charge >= 0.3 is 0 Å². The van der Waals surface area contributed by atoms with Crippen LogP contribution in [-0.4, -0.2) is 62.1 Å². The summed E-state index contributed by atoms with van der Waals surface area (Å²) >= 11 is 0. The fourth-order valence-electron chi connectivity index (χ4n) is 4.74. The van der Waals surface area contributed by atoms with Gasteiger partial charge in [0.1, 0.15) is 6.10 Å². The Labute approximate surface area is 173 Å². The van der Waals surface area contributed by atoms with Gasteiger partial charge in [-0.25, -0.2) is 0 Å². The number of anilines is 1. The maximum absolute atomic E-state index is 12.8. The van der Waals surface area contributed by atoms with Crippen molar-refractivity contribution in [1.82, 2.24) is 10.2 Å². The van der Waals surface area contributed by atoms with Crippen molar-refractivity contribution in [2.24, 2.45) is 5.92 Å². The van der Waals surface area contributed by atoms with Crippen LogP contribution in [-0.2, 0) is 20.7 Å². The molecule has 6 nitrogen and oxygen atoms in total. The van der Waals surface area contributed by atoms with E-state index in [0.29, 0.717) is 18.9 Å². The third-order valence-electron chi connectivity index (χ3n) is 6.55. The summed E-state index contributed by atoms with van der Waals surface area (Å²) in [6.07, 6.45) is 6.44. The summed E-state index contributed by atoms with van der Waals surface area (Å²) in [6, 6.07) is 8.28. The first-order chi connectivity index (χ1) is 14.2. The molecular formula is C23H33N3O3. The average Bonchev–Trinajstić information content (AvgIpc) is 3.31. The number of carbonyl (C=O) groups is 2. The molecule has 0 saturated carbocycles. The molecule has 1 aromatic carbocycles. The SMILES string of the molecule is O=C(NCC1CCN(CCC(=O)N2CCCc3ccccc32)CC1)C1CCCO1. The van der Waals surface area contributed by atoms with Gasteiger partial charge in [-0.05, 0) is 69.2 Å². The minimum atomic E-state index is -0.235. The zero-order chi connectivity index (χ0) is 20.1. The van der Waals surface area contributed by atoms with Crippen molar-refractivity contribution in [3.8, 4) is 0 Å². The van der Waals surface area contributed by atoms with Gasteiger partial charge in [0.25, 0.3) is 0 Å². The van der Waals surface area contributed by atoms with Crippen molar-refractivity contribution in [3.05, 3.63) is 29.8 Å². The predicted molar refractivity (Wildman–Crippen MR) is 113 cm³/mol. The van der Waals surface area contributed by atoms with Gasteiger partial charge in [-0.15, -0.1) is 0 Å². The summed E-state index contributed by atoms with van der Waals surface area (Å²) in [5, 5.41) is 3.07. The number of likely N-dealkylation sites (tertiary alicyclic amines) is 1. The van der Waals surface area contributed by atoms with Gasteiger partial charge in [-0.3, -0.25) is 9.59 Å². The average molecular weight is 400 g/mol. The van der Waals surface area contributed by atoms with Crippen LogP contribution in [0.2, 0.25) is 0 Å². The van der Waals surface area contributed by atoms with Crippen LogP contribution in [0, 0.1) is 5.92 Å². The zero-order valence-electron chi connectivity index (χ0n) is 17.3. The Balaban J connectivity index is 1.17. The topological polar surface area (TPSA) is 61.9 Å². The Bertz CT molecular complexity index is 709. The molecule has 2 saturated heterocycles. The summed E-state index contributed by atoms with van der Waals surface area (Å²) < 4.78 is 5.44. The van der Waals surface area contributed by atoms with Crippen molar-refractivity contribution in [3.63, 3.8) is 0 Å². The lowest BCUT2D eigenvalue weighted by molar-refractivity contribution is -0.130. The van der Waals surface area contributed by atoms with E-state index < -0.39 is 0 Å². The Morgan fingerprint density at radius 1 is 1.07 bits per heavy atom. The molecule has 4 rings (SSSR count). The van der Waals surface area contributed by atoms with E-state index in [1.807, 2.05) is 11.0 Å². The van der Waals surface area contributed by atoms with Crippen LogP contribution in [0.15, 0.2) is 24.3 Å². The minimum Gasteiger partial charge on any atom is -0.368 e. The number of hydrogen-bond acceptors (Lipinski definition) is 4. The lowest BCUT2D eigenvalue weighted by Crippen LogP contribution is -2.42. The molecule has 3 aliphatic rings. The van der Waals surface area contributed by atoms with E-state index in [-0.39, 0.29) is 17.9 Å². The van der Waals surface area contributed by atoms with Crippen LogP contribution >= 0.6 is 0 Å². The Morgan fingerprint density at radius 2 is 1.90 bits per heavy atom. The van der Waals surface area contributed by atoms with Crippen LogP contribution in [0.5, 0.6) is 0 Å². The largest absolute Gasteiger partial charge is 0.368 e. The standard InChI is InChI=1S/C23H33N3O3/c27-22(26-12-3-6-19-5-1-2-7-20(19)26)11-15-25-13-9-18(10-14-25)17-24-23(28)21-8-4-16-29-21/h1-2,5,7,18,21H,3-4,6,8-17H2,(H,24,28). The van der Waals surface area contributed by atoms with Crippen molar-refractivity contribution < 1.29 is 14.3 Å². The summed E-state index contributed by atoms with van der Waals surface area (Å²) in [5.74, 6) is 0.821. The van der Waals surface area contributed by atoms with Gasteiger partial charge in [-0.1, -0.05) is 18.2 Å². The van der Waals surface area contributed by atoms with Crippen LogP contribution in [0.25, 0.3) is 0 Å². The van der Waals surface area contributed by atoms with Crippen LogP contribution in [0.3, 0.4) is 0 Å². The number of aryl methyl sites for hydroxylation is 1. The second kappa shape index (κ2) is 9.72. The molecule has 0 aromatic heterocycles. The molecule has 3 aliphatic heterocycles. The molecule has 0 spiro atoms. The molecule has 2 fully saturated rings. The van der Waals surface area contributed by atoms with E-state index >= 15 is 0 Å². The van der Waals surface area contributed by atoms with Crippen molar-refractivity contribution >= 4 is 17.5 Å². The first-order valence-corrected chi connectivity index (χ1v) is 11.2. The van der Waals surface area contributed by atoms with Crippen molar-refractivity contribution in [1.29, 1.82) is 0 Å². The lowest BCUT2D eigenvalue weighted by atomic mass is 9.96. The molecule has 2 amide bonds. The maximum Gasteiger partial charge on any atom is 0.249 e. The number of nitrogens with one attached hydrogen (secondary N) is 1. The van der Waals surface area contributed by atoms with E-state index in [2.05, 4.69) is 28.4 Å². The summed E-state index contributed by atoms with van der Waals surface area (Å²) in [6.45, 7) is 5.12. The highest BCUT2D eigenvalue weighted by molar-refractivity contribution is 5.94. The number of piperidine rings is 1. The first kappa shape index (κ1) is 20.4. The van der Waals surface area contributed by atoms with Crippen LogP contribution < -0.4 is 10.2 Å². The van der Waals surface area contributed by atoms with Crippen LogP contribution in [0.1, 0.15) is 44.1 Å². The number of benzene rings is 1. The fraction of sp³-hybridized carbons (Fsp3) is 0.652. The van der Waals surface area contributed by atoms with Gasteiger partial charge in [0.15, 0.2) is 0 Å². The number of para-hydroxylation sites is 1. The number of hydrogen-bond donors (Lipinski definition) is 1. The Kier molecular flexibility index (Phi) is 6.82. The molecular weight excluding hydrogens is 366 g/mol. The summed E-state index contributed by atoms with van der Waals surface area (Å²) in [7, 11) is 0. The third kappa shape index (κ3) is 5.17. The minimum absolute atomic E-state index is 0.0531. The molecule has 3 heterocycles. The van der Waals surface area contributed by atoms with E-state index in [1.165, 1.54) is 5.56 Å². The van der Waals surface area contributed by atoms with Crippen molar-refractivity contribution in [2.75, 3.05) is 44.2 Å². The quantitative estimate of drug-likeness (QED) is 0.798. The molecule has 6 heteroatoms. The number of rotatable bonds is 6. The highest BCUT2D eigenvalue weighted by Crippen LogP contribution is 2.27. The fourth-order valence-corrected chi connectivity index (χ4v) is 4.74. The normalized spacial score (nSPS) is 23.0. The molecule has 1 aromatic rings. The molecule has 0 aliphatic carbocycles. The summed E-state index contributed by atoms with van der Waals surface area (Å²) in [5.41, 5.74) is 2.39. The second-order valence-corrected chi connectivity index (χ2v) is 8.56. The summed E-state index contributed by atoms with van der Waals surface area (Å²) in [4.78, 5) is 29.3. The molecule has 1 atom stereocenters. The third-order valence-corrected chi connectivity index (χ3v) is 6.55. The Morgan fingerprint density at radius 3 is 2.69 bits per heavy atom. The highest BCUT2D eigenvalue weighted by atomic mass is 16.5. The number of ether oxygens (including phenoxy) is 1. The van der Waals surface area contributed by atoms with Gasteiger partial charge in [0, 0.05) is 38.3 Å². The first-order valence-electron chi connectivity index (χ1n) is 11.2. The van der Waals surface area contributed by atoms with Gasteiger partial charge in [0.05, 0.1) is 0 Å². The smallest absolute Gasteiger partial charge is 0.249 e. The molecule has 0 bridgehead atoms. The van der Waals surface area contributed by atoms with E-state index in [0.717, 1.165) is 76.9 Å². The molecule has 0 radical (unpaired) electrons. The maximum atomic E-state index is 12.8.